The number of halogens is 6. The van der Waals surface area contributed by atoms with Crippen LogP contribution in [0, 0.1) is 0 Å². The Balaban J connectivity index is 2.90. The number of alkyl halides is 6. The van der Waals surface area contributed by atoms with Crippen LogP contribution in [0.2, 0.25) is 0 Å². The van der Waals surface area contributed by atoms with Crippen LogP contribution in [0.4, 0.5) is 26.3 Å². The second kappa shape index (κ2) is 4.64. The van der Waals surface area contributed by atoms with Crippen molar-refractivity contribution in [1.82, 2.24) is 5.32 Å². The van der Waals surface area contributed by atoms with E-state index in [0.717, 1.165) is 0 Å². The first-order chi connectivity index (χ1) is 7.54. The van der Waals surface area contributed by atoms with Crippen LogP contribution >= 0.6 is 0 Å². The molecule has 1 aliphatic heterocycles. The van der Waals surface area contributed by atoms with Gasteiger partial charge in [-0.25, -0.2) is 0 Å². The van der Waals surface area contributed by atoms with Gasteiger partial charge in [0, 0.05) is 6.54 Å². The fraction of sp³-hybridized carbons (Fsp3) is 1.00. The van der Waals surface area contributed by atoms with Crippen LogP contribution in [0.3, 0.4) is 0 Å². The predicted molar refractivity (Wildman–Crippen MR) is 47.5 cm³/mol. The highest BCUT2D eigenvalue weighted by Crippen LogP contribution is 2.39. The number of hydrogen-bond acceptors (Lipinski definition) is 2. The van der Waals surface area contributed by atoms with Gasteiger partial charge in [-0.1, -0.05) is 0 Å². The number of morpholine rings is 1. The van der Waals surface area contributed by atoms with E-state index in [-0.39, 0.29) is 13.2 Å². The normalized spacial score (nSPS) is 25.9. The lowest BCUT2D eigenvalue weighted by Crippen LogP contribution is -2.62. The molecule has 1 heterocycles. The van der Waals surface area contributed by atoms with Crippen molar-refractivity contribution >= 4 is 0 Å². The van der Waals surface area contributed by atoms with Gasteiger partial charge in [0.05, 0.1) is 31.1 Å². The van der Waals surface area contributed by atoms with E-state index < -0.39 is 36.8 Å². The average Bonchev–Trinajstić information content (AvgIpc) is 2.04. The quantitative estimate of drug-likeness (QED) is 0.775. The first-order valence-corrected chi connectivity index (χ1v) is 5.04. The summed E-state index contributed by atoms with van der Waals surface area (Å²) in [6.07, 6.45) is -13.6. The summed E-state index contributed by atoms with van der Waals surface area (Å²) in [7, 11) is 0. The van der Waals surface area contributed by atoms with E-state index in [1.54, 1.807) is 0 Å². The molecule has 0 aromatic rings. The standard InChI is InChI=1S/C9H13F6NO/c1-6-7(4-8(10,11)12,5-9(13,14)15)16-2-3-17-6/h6,16H,2-5H2,1H3. The van der Waals surface area contributed by atoms with E-state index in [1.807, 2.05) is 0 Å². The van der Waals surface area contributed by atoms with Gasteiger partial charge >= 0.3 is 12.4 Å². The van der Waals surface area contributed by atoms with Crippen molar-refractivity contribution in [3.63, 3.8) is 0 Å². The lowest BCUT2D eigenvalue weighted by molar-refractivity contribution is -0.207. The van der Waals surface area contributed by atoms with Crippen molar-refractivity contribution < 1.29 is 31.1 Å². The Hall–Kier alpha value is -0.500. The largest absolute Gasteiger partial charge is 0.390 e. The monoisotopic (exact) mass is 265 g/mol. The molecule has 0 radical (unpaired) electrons. The third-order valence-corrected chi connectivity index (χ3v) is 2.76. The van der Waals surface area contributed by atoms with E-state index in [0.29, 0.717) is 0 Å². The molecule has 17 heavy (non-hydrogen) atoms. The fourth-order valence-corrected chi connectivity index (χ4v) is 2.03. The lowest BCUT2D eigenvalue weighted by atomic mass is 9.84. The Bertz CT molecular complexity index is 245. The Kier molecular flexibility index (Phi) is 3.97. The maximum atomic E-state index is 12.4. The minimum Gasteiger partial charge on any atom is -0.375 e. The summed E-state index contributed by atoms with van der Waals surface area (Å²) in [5.41, 5.74) is -2.12. The number of rotatable bonds is 2. The number of hydrogen-bond donors (Lipinski definition) is 1. The van der Waals surface area contributed by atoms with E-state index >= 15 is 0 Å². The SMILES string of the molecule is CC1OCCNC1(CC(F)(F)F)CC(F)(F)F. The van der Waals surface area contributed by atoms with Crippen molar-refractivity contribution in [2.24, 2.45) is 0 Å². The number of ether oxygens (including phenoxy) is 1. The minimum atomic E-state index is -4.67. The van der Waals surface area contributed by atoms with Gasteiger partial charge in [-0.15, -0.1) is 0 Å². The topological polar surface area (TPSA) is 21.3 Å². The van der Waals surface area contributed by atoms with Gasteiger partial charge in [-0.3, -0.25) is 0 Å². The van der Waals surface area contributed by atoms with Crippen LogP contribution in [0.15, 0.2) is 0 Å². The van der Waals surface area contributed by atoms with Crippen molar-refractivity contribution in [3.05, 3.63) is 0 Å². The third kappa shape index (κ3) is 4.34. The van der Waals surface area contributed by atoms with Crippen LogP contribution in [-0.4, -0.2) is 37.1 Å². The second-order valence-corrected chi connectivity index (χ2v) is 4.18. The van der Waals surface area contributed by atoms with Crippen LogP contribution in [0.5, 0.6) is 0 Å². The van der Waals surface area contributed by atoms with Gasteiger partial charge in [0.2, 0.25) is 0 Å². The zero-order valence-electron chi connectivity index (χ0n) is 9.08. The van der Waals surface area contributed by atoms with Crippen LogP contribution in [-0.2, 0) is 4.74 Å². The molecular formula is C9H13F6NO. The molecule has 102 valence electrons. The Labute approximate surface area is 94.3 Å². The molecule has 0 aromatic heterocycles. The zero-order valence-corrected chi connectivity index (χ0v) is 9.08. The molecule has 0 aliphatic carbocycles. The Morgan fingerprint density at radius 3 is 1.94 bits per heavy atom. The molecule has 1 fully saturated rings. The molecule has 1 atom stereocenters. The van der Waals surface area contributed by atoms with Crippen molar-refractivity contribution in [2.45, 2.75) is 43.8 Å². The van der Waals surface area contributed by atoms with Crippen LogP contribution in [0.25, 0.3) is 0 Å². The van der Waals surface area contributed by atoms with Crippen LogP contribution < -0.4 is 5.32 Å². The molecule has 1 aliphatic rings. The molecule has 1 N–H and O–H groups in total. The summed E-state index contributed by atoms with van der Waals surface area (Å²) < 4.78 is 79.1. The predicted octanol–water partition coefficient (Wildman–Crippen LogP) is 2.64. The summed E-state index contributed by atoms with van der Waals surface area (Å²) in [4.78, 5) is 0. The molecule has 1 saturated heterocycles. The molecule has 0 spiro atoms. The van der Waals surface area contributed by atoms with Gasteiger partial charge in [0.25, 0.3) is 0 Å². The highest BCUT2D eigenvalue weighted by Gasteiger charge is 2.53. The van der Waals surface area contributed by atoms with Crippen molar-refractivity contribution in [1.29, 1.82) is 0 Å². The minimum absolute atomic E-state index is 0.0174. The van der Waals surface area contributed by atoms with Gasteiger partial charge in [-0.05, 0) is 6.92 Å². The number of nitrogens with one attached hydrogen (secondary N) is 1. The summed E-state index contributed by atoms with van der Waals surface area (Å²) in [6, 6.07) is 0. The molecule has 0 amide bonds. The highest BCUT2D eigenvalue weighted by molar-refractivity contribution is 4.99. The molecule has 2 nitrogen and oxygen atoms in total. The van der Waals surface area contributed by atoms with Gasteiger partial charge in [-0.2, -0.15) is 26.3 Å². The molecule has 0 aromatic carbocycles. The van der Waals surface area contributed by atoms with E-state index in [9.17, 15) is 26.3 Å². The van der Waals surface area contributed by atoms with Crippen molar-refractivity contribution in [2.75, 3.05) is 13.2 Å². The summed E-state index contributed by atoms with van der Waals surface area (Å²) >= 11 is 0. The summed E-state index contributed by atoms with van der Waals surface area (Å²) in [5.74, 6) is 0. The second-order valence-electron chi connectivity index (χ2n) is 4.18. The van der Waals surface area contributed by atoms with E-state index in [1.165, 1.54) is 6.92 Å². The molecule has 8 heteroatoms. The molecule has 1 rings (SSSR count). The lowest BCUT2D eigenvalue weighted by Gasteiger charge is -2.44. The third-order valence-electron chi connectivity index (χ3n) is 2.76. The molecular weight excluding hydrogens is 252 g/mol. The smallest absolute Gasteiger partial charge is 0.375 e. The summed E-state index contributed by atoms with van der Waals surface area (Å²) in [6.45, 7) is 1.32. The Morgan fingerprint density at radius 1 is 1.12 bits per heavy atom. The summed E-state index contributed by atoms with van der Waals surface area (Å²) in [5, 5.41) is 2.33. The van der Waals surface area contributed by atoms with Gasteiger partial charge < -0.3 is 10.1 Å². The maximum Gasteiger partial charge on any atom is 0.390 e. The fourth-order valence-electron chi connectivity index (χ4n) is 2.03. The first-order valence-electron chi connectivity index (χ1n) is 5.04. The zero-order chi connectivity index (χ0) is 13.3. The highest BCUT2D eigenvalue weighted by atomic mass is 19.4. The molecule has 0 saturated carbocycles. The van der Waals surface area contributed by atoms with Crippen molar-refractivity contribution in [3.8, 4) is 0 Å². The molecule has 1 unspecified atom stereocenters. The maximum absolute atomic E-state index is 12.4. The van der Waals surface area contributed by atoms with Gasteiger partial charge in [0.1, 0.15) is 0 Å². The van der Waals surface area contributed by atoms with E-state index in [2.05, 4.69) is 5.32 Å². The first kappa shape index (κ1) is 14.6. The van der Waals surface area contributed by atoms with Gasteiger partial charge in [0.15, 0.2) is 0 Å². The average molecular weight is 265 g/mol. The van der Waals surface area contributed by atoms with Crippen LogP contribution in [0.1, 0.15) is 19.8 Å². The Morgan fingerprint density at radius 2 is 1.59 bits per heavy atom. The van der Waals surface area contributed by atoms with E-state index in [4.69, 9.17) is 4.74 Å². The molecule has 0 bridgehead atoms.